The molecule has 0 aromatic carbocycles. The summed E-state index contributed by atoms with van der Waals surface area (Å²) in [6.07, 6.45) is 3.57. The van der Waals surface area contributed by atoms with Crippen molar-refractivity contribution < 1.29 is 14.3 Å². The molecule has 0 unspecified atom stereocenters. The monoisotopic (exact) mass is 260 g/mol. The largest absolute Gasteiger partial charge is 0.475 e. The molecular weight excluding hydrogens is 244 g/mol. The van der Waals surface area contributed by atoms with E-state index >= 15 is 0 Å². The zero-order chi connectivity index (χ0) is 13.8. The molecule has 0 spiro atoms. The standard InChI is InChI=1S/C14H16N2O3/c1-9-5-12(19-13(9)14(17)18)8-16-7-11-3-4-15-6-10(11)2/h3-6,16H,7-8H2,1-2H3,(H,17,18). The Kier molecular flexibility index (Phi) is 3.97. The number of nitrogens with zero attached hydrogens (tertiary/aromatic N) is 1. The number of carboxylic acid groups (broad SMARTS) is 1. The Labute approximate surface area is 111 Å². The maximum Gasteiger partial charge on any atom is 0.372 e. The summed E-state index contributed by atoms with van der Waals surface area (Å²) in [7, 11) is 0. The Bertz CT molecular complexity index is 590. The van der Waals surface area contributed by atoms with E-state index in [1.807, 2.05) is 19.2 Å². The van der Waals surface area contributed by atoms with E-state index in [1.165, 1.54) is 0 Å². The molecule has 0 amide bonds. The Hall–Kier alpha value is -2.14. The van der Waals surface area contributed by atoms with Gasteiger partial charge in [0.15, 0.2) is 0 Å². The van der Waals surface area contributed by atoms with Crippen LogP contribution >= 0.6 is 0 Å². The van der Waals surface area contributed by atoms with Gasteiger partial charge >= 0.3 is 5.97 Å². The SMILES string of the molecule is Cc1cnccc1CNCc1cc(C)c(C(=O)O)o1. The number of carboxylic acids is 1. The molecule has 0 aliphatic carbocycles. The minimum Gasteiger partial charge on any atom is -0.475 e. The van der Waals surface area contributed by atoms with Gasteiger partial charge in [-0.15, -0.1) is 0 Å². The Morgan fingerprint density at radius 1 is 1.37 bits per heavy atom. The Morgan fingerprint density at radius 3 is 2.79 bits per heavy atom. The lowest BCUT2D eigenvalue weighted by Crippen LogP contribution is -2.13. The summed E-state index contributed by atoms with van der Waals surface area (Å²) in [5.41, 5.74) is 2.93. The van der Waals surface area contributed by atoms with Gasteiger partial charge in [-0.1, -0.05) is 0 Å². The molecule has 0 aliphatic heterocycles. The molecule has 2 N–H and O–H groups in total. The van der Waals surface area contributed by atoms with Crippen molar-refractivity contribution in [2.75, 3.05) is 0 Å². The third-order valence-corrected chi connectivity index (χ3v) is 2.91. The van der Waals surface area contributed by atoms with Gasteiger partial charge in [-0.3, -0.25) is 4.98 Å². The van der Waals surface area contributed by atoms with Crippen molar-refractivity contribution >= 4 is 5.97 Å². The molecule has 0 atom stereocenters. The summed E-state index contributed by atoms with van der Waals surface area (Å²) in [5.74, 6) is -0.396. The second-order valence-electron chi connectivity index (χ2n) is 4.44. The molecule has 0 aliphatic rings. The van der Waals surface area contributed by atoms with E-state index in [2.05, 4.69) is 10.3 Å². The first-order valence-corrected chi connectivity index (χ1v) is 6.00. The zero-order valence-corrected chi connectivity index (χ0v) is 10.9. The highest BCUT2D eigenvalue weighted by Crippen LogP contribution is 2.14. The fourth-order valence-corrected chi connectivity index (χ4v) is 1.87. The average Bonchev–Trinajstić information content (AvgIpc) is 2.73. The van der Waals surface area contributed by atoms with Gasteiger partial charge in [0.25, 0.3) is 0 Å². The fourth-order valence-electron chi connectivity index (χ4n) is 1.87. The van der Waals surface area contributed by atoms with Crippen molar-refractivity contribution in [2.45, 2.75) is 26.9 Å². The third-order valence-electron chi connectivity index (χ3n) is 2.91. The number of aryl methyl sites for hydroxylation is 2. The lowest BCUT2D eigenvalue weighted by Gasteiger charge is -2.05. The van der Waals surface area contributed by atoms with Crippen LogP contribution in [0.3, 0.4) is 0 Å². The van der Waals surface area contributed by atoms with Gasteiger partial charge in [0.1, 0.15) is 5.76 Å². The summed E-state index contributed by atoms with van der Waals surface area (Å²) in [6.45, 7) is 4.92. The quantitative estimate of drug-likeness (QED) is 0.862. The van der Waals surface area contributed by atoms with Crippen LogP contribution in [0.4, 0.5) is 0 Å². The van der Waals surface area contributed by atoms with Gasteiger partial charge in [-0.05, 0) is 37.1 Å². The minimum absolute atomic E-state index is 0.0110. The number of nitrogens with one attached hydrogen (secondary N) is 1. The molecule has 0 fully saturated rings. The van der Waals surface area contributed by atoms with Gasteiger partial charge in [-0.25, -0.2) is 4.79 Å². The molecule has 19 heavy (non-hydrogen) atoms. The van der Waals surface area contributed by atoms with Crippen LogP contribution in [-0.4, -0.2) is 16.1 Å². The lowest BCUT2D eigenvalue weighted by molar-refractivity contribution is 0.0659. The van der Waals surface area contributed by atoms with Crippen molar-refractivity contribution in [2.24, 2.45) is 0 Å². The van der Waals surface area contributed by atoms with Crippen LogP contribution in [0.1, 0.15) is 33.0 Å². The number of furan rings is 1. The average molecular weight is 260 g/mol. The molecule has 5 nitrogen and oxygen atoms in total. The van der Waals surface area contributed by atoms with Crippen LogP contribution in [0.2, 0.25) is 0 Å². The summed E-state index contributed by atoms with van der Waals surface area (Å²) >= 11 is 0. The molecule has 100 valence electrons. The van der Waals surface area contributed by atoms with Gasteiger partial charge < -0.3 is 14.8 Å². The van der Waals surface area contributed by atoms with Crippen molar-refractivity contribution in [1.82, 2.24) is 10.3 Å². The molecule has 5 heteroatoms. The molecule has 2 rings (SSSR count). The number of aromatic nitrogens is 1. The molecule has 2 aromatic heterocycles. The third kappa shape index (κ3) is 3.20. The van der Waals surface area contributed by atoms with Crippen LogP contribution in [0.15, 0.2) is 28.9 Å². The van der Waals surface area contributed by atoms with E-state index in [9.17, 15) is 4.79 Å². The summed E-state index contributed by atoms with van der Waals surface area (Å²) in [4.78, 5) is 14.9. The van der Waals surface area contributed by atoms with Gasteiger partial charge in [0.05, 0.1) is 6.54 Å². The van der Waals surface area contributed by atoms with Gasteiger partial charge in [0.2, 0.25) is 5.76 Å². The van der Waals surface area contributed by atoms with E-state index < -0.39 is 5.97 Å². The molecule has 0 bridgehead atoms. The number of hydrogen-bond acceptors (Lipinski definition) is 4. The van der Waals surface area contributed by atoms with E-state index in [0.29, 0.717) is 24.4 Å². The van der Waals surface area contributed by atoms with Crippen molar-refractivity contribution in [1.29, 1.82) is 0 Å². The highest BCUT2D eigenvalue weighted by atomic mass is 16.4. The van der Waals surface area contributed by atoms with Crippen LogP contribution in [0.25, 0.3) is 0 Å². The first kappa shape index (κ1) is 13.3. The van der Waals surface area contributed by atoms with Crippen molar-refractivity contribution in [3.05, 3.63) is 52.7 Å². The van der Waals surface area contributed by atoms with E-state index in [0.717, 1.165) is 11.1 Å². The normalized spacial score (nSPS) is 10.6. The van der Waals surface area contributed by atoms with Crippen molar-refractivity contribution in [3.8, 4) is 0 Å². The second kappa shape index (κ2) is 5.67. The number of rotatable bonds is 5. The Morgan fingerprint density at radius 2 is 2.16 bits per heavy atom. The van der Waals surface area contributed by atoms with Crippen LogP contribution in [0, 0.1) is 13.8 Å². The zero-order valence-electron chi connectivity index (χ0n) is 10.9. The van der Waals surface area contributed by atoms with Crippen LogP contribution in [-0.2, 0) is 13.1 Å². The van der Waals surface area contributed by atoms with Crippen LogP contribution < -0.4 is 5.32 Å². The predicted octanol–water partition coefficient (Wildman–Crippen LogP) is 2.28. The van der Waals surface area contributed by atoms with E-state index in [1.54, 1.807) is 19.2 Å². The summed E-state index contributed by atoms with van der Waals surface area (Å²) in [6, 6.07) is 3.70. The van der Waals surface area contributed by atoms with Gasteiger partial charge in [-0.2, -0.15) is 0 Å². The van der Waals surface area contributed by atoms with Gasteiger partial charge in [0, 0.05) is 24.5 Å². The Balaban J connectivity index is 1.95. The maximum atomic E-state index is 10.9. The fraction of sp³-hybridized carbons (Fsp3) is 0.286. The number of carbonyl (C=O) groups is 1. The topological polar surface area (TPSA) is 75.4 Å². The van der Waals surface area contributed by atoms with Crippen LogP contribution in [0.5, 0.6) is 0 Å². The predicted molar refractivity (Wildman–Crippen MR) is 69.9 cm³/mol. The lowest BCUT2D eigenvalue weighted by atomic mass is 10.1. The maximum absolute atomic E-state index is 10.9. The molecule has 0 radical (unpaired) electrons. The molecule has 2 aromatic rings. The molecule has 0 saturated heterocycles. The number of pyridine rings is 1. The molecular formula is C14H16N2O3. The highest BCUT2D eigenvalue weighted by molar-refractivity contribution is 5.86. The van der Waals surface area contributed by atoms with E-state index in [-0.39, 0.29) is 5.76 Å². The summed E-state index contributed by atoms with van der Waals surface area (Å²) < 4.78 is 5.27. The first-order chi connectivity index (χ1) is 9.08. The number of hydrogen-bond donors (Lipinski definition) is 2. The molecule has 0 saturated carbocycles. The molecule has 2 heterocycles. The van der Waals surface area contributed by atoms with Crippen molar-refractivity contribution in [3.63, 3.8) is 0 Å². The highest BCUT2D eigenvalue weighted by Gasteiger charge is 2.13. The second-order valence-corrected chi connectivity index (χ2v) is 4.44. The summed E-state index contributed by atoms with van der Waals surface area (Å²) in [5, 5.41) is 12.1. The first-order valence-electron chi connectivity index (χ1n) is 6.00. The van der Waals surface area contributed by atoms with E-state index in [4.69, 9.17) is 9.52 Å². The smallest absolute Gasteiger partial charge is 0.372 e. The number of aromatic carboxylic acids is 1. The minimum atomic E-state index is -1.03.